The van der Waals surface area contributed by atoms with Crippen molar-refractivity contribution in [2.24, 2.45) is 0 Å². The van der Waals surface area contributed by atoms with Gasteiger partial charge in [0.05, 0.1) is 12.2 Å². The van der Waals surface area contributed by atoms with Gasteiger partial charge in [0.25, 0.3) is 11.1 Å². The first-order valence-corrected chi connectivity index (χ1v) is 6.19. The largest absolute Gasteiger partial charge is 0.370 e. The minimum Gasteiger partial charge on any atom is -0.370 e. The number of hydrogen-bond acceptors (Lipinski definition) is 4. The van der Waals surface area contributed by atoms with Gasteiger partial charge in [-0.25, -0.2) is 9.67 Å². The zero-order valence-electron chi connectivity index (χ0n) is 10.7. The summed E-state index contributed by atoms with van der Waals surface area (Å²) in [6, 6.07) is 8.01. The Labute approximate surface area is 110 Å². The van der Waals surface area contributed by atoms with Crippen LogP contribution in [0.15, 0.2) is 39.9 Å². The number of pyridine rings is 1. The molecule has 0 fully saturated rings. The molecule has 19 heavy (non-hydrogen) atoms. The number of aromatic amines is 1. The van der Waals surface area contributed by atoms with E-state index in [9.17, 15) is 9.59 Å². The molecule has 0 unspecified atom stereocenters. The molecule has 2 aromatic heterocycles. The third-order valence-electron chi connectivity index (χ3n) is 2.57. The summed E-state index contributed by atoms with van der Waals surface area (Å²) in [6.07, 6.45) is 1.01. The van der Waals surface area contributed by atoms with E-state index in [2.05, 4.69) is 22.3 Å². The molecule has 0 amide bonds. The van der Waals surface area contributed by atoms with Crippen LogP contribution in [0.3, 0.4) is 0 Å². The minimum absolute atomic E-state index is 0.247. The number of rotatable bonds is 5. The van der Waals surface area contributed by atoms with E-state index in [-0.39, 0.29) is 17.7 Å². The van der Waals surface area contributed by atoms with Gasteiger partial charge in [-0.15, -0.1) is 0 Å². The van der Waals surface area contributed by atoms with E-state index < -0.39 is 0 Å². The van der Waals surface area contributed by atoms with E-state index in [4.69, 9.17) is 0 Å². The van der Waals surface area contributed by atoms with Crippen LogP contribution in [0.2, 0.25) is 0 Å². The molecule has 2 rings (SSSR count). The molecule has 0 saturated carbocycles. The van der Waals surface area contributed by atoms with Gasteiger partial charge >= 0.3 is 0 Å². The maximum atomic E-state index is 11.6. The summed E-state index contributed by atoms with van der Waals surface area (Å²) in [4.78, 5) is 27.2. The first-order valence-electron chi connectivity index (χ1n) is 6.19. The highest BCUT2D eigenvalue weighted by Gasteiger charge is 2.01. The Kier molecular flexibility index (Phi) is 4.12. The number of nitrogens with one attached hydrogen (secondary N) is 2. The molecule has 2 N–H and O–H groups in total. The topological polar surface area (TPSA) is 79.8 Å². The Hall–Kier alpha value is -2.37. The van der Waals surface area contributed by atoms with Crippen LogP contribution in [0.1, 0.15) is 19.0 Å². The fraction of sp³-hybridized carbons (Fsp3) is 0.308. The average Bonchev–Trinajstić information content (AvgIpc) is 2.41. The maximum absolute atomic E-state index is 11.6. The molecule has 0 radical (unpaired) electrons. The van der Waals surface area contributed by atoms with E-state index in [0.717, 1.165) is 18.8 Å². The van der Waals surface area contributed by atoms with E-state index in [1.807, 2.05) is 18.2 Å². The van der Waals surface area contributed by atoms with Gasteiger partial charge in [0, 0.05) is 18.7 Å². The van der Waals surface area contributed by atoms with Crippen molar-refractivity contribution in [3.8, 4) is 0 Å². The lowest BCUT2D eigenvalue weighted by atomic mass is 10.3. The smallest absolute Gasteiger partial charge is 0.265 e. The summed E-state index contributed by atoms with van der Waals surface area (Å²) >= 11 is 0. The van der Waals surface area contributed by atoms with Crippen LogP contribution in [0, 0.1) is 0 Å². The SMILES string of the molecule is CCCNc1cccc(Cn2[nH]c(=O)ccc2=O)n1. The number of nitrogens with zero attached hydrogens (tertiary/aromatic N) is 2. The second-order valence-electron chi connectivity index (χ2n) is 4.17. The molecule has 0 aromatic carbocycles. The van der Waals surface area contributed by atoms with Gasteiger partial charge in [-0.3, -0.25) is 14.7 Å². The highest BCUT2D eigenvalue weighted by molar-refractivity contribution is 5.35. The lowest BCUT2D eigenvalue weighted by Crippen LogP contribution is -2.28. The van der Waals surface area contributed by atoms with Crippen molar-refractivity contribution in [1.82, 2.24) is 14.8 Å². The molecular weight excluding hydrogens is 244 g/mol. The number of H-pyrrole nitrogens is 1. The summed E-state index contributed by atoms with van der Waals surface area (Å²) < 4.78 is 1.24. The van der Waals surface area contributed by atoms with Crippen LogP contribution in [0.25, 0.3) is 0 Å². The maximum Gasteiger partial charge on any atom is 0.265 e. The Morgan fingerprint density at radius 2 is 2.11 bits per heavy atom. The van der Waals surface area contributed by atoms with Crippen LogP contribution in [-0.4, -0.2) is 21.3 Å². The van der Waals surface area contributed by atoms with Crippen molar-refractivity contribution in [2.75, 3.05) is 11.9 Å². The molecule has 100 valence electrons. The zero-order valence-corrected chi connectivity index (χ0v) is 10.7. The quantitative estimate of drug-likeness (QED) is 0.833. The molecule has 2 heterocycles. The van der Waals surface area contributed by atoms with Gasteiger partial charge < -0.3 is 5.32 Å². The van der Waals surface area contributed by atoms with Crippen LogP contribution in [0.4, 0.5) is 5.82 Å². The van der Waals surface area contributed by atoms with Crippen LogP contribution >= 0.6 is 0 Å². The Morgan fingerprint density at radius 1 is 1.26 bits per heavy atom. The zero-order chi connectivity index (χ0) is 13.7. The summed E-state index contributed by atoms with van der Waals surface area (Å²) in [6.45, 7) is 3.17. The number of hydrogen-bond donors (Lipinski definition) is 2. The highest BCUT2D eigenvalue weighted by atomic mass is 16.1. The van der Waals surface area contributed by atoms with E-state index in [1.165, 1.54) is 16.8 Å². The number of anilines is 1. The molecule has 0 aliphatic rings. The van der Waals surface area contributed by atoms with Gasteiger partial charge in [0.1, 0.15) is 5.82 Å². The van der Waals surface area contributed by atoms with Gasteiger partial charge in [-0.05, 0) is 18.6 Å². The van der Waals surface area contributed by atoms with Crippen molar-refractivity contribution in [3.05, 3.63) is 56.7 Å². The molecule has 0 bridgehead atoms. The summed E-state index contributed by atoms with van der Waals surface area (Å²) in [5, 5.41) is 5.65. The van der Waals surface area contributed by atoms with Crippen molar-refractivity contribution < 1.29 is 0 Å². The van der Waals surface area contributed by atoms with Gasteiger partial charge in [0.2, 0.25) is 0 Å². The third kappa shape index (κ3) is 3.54. The molecule has 0 spiro atoms. The normalized spacial score (nSPS) is 10.4. The predicted octanol–water partition coefficient (Wildman–Crippen LogP) is 0.802. The summed E-state index contributed by atoms with van der Waals surface area (Å²) in [5.41, 5.74) is 0.151. The lowest BCUT2D eigenvalue weighted by Gasteiger charge is -2.07. The van der Waals surface area contributed by atoms with Crippen LogP contribution < -0.4 is 16.4 Å². The average molecular weight is 260 g/mol. The van der Waals surface area contributed by atoms with Crippen LogP contribution in [-0.2, 0) is 6.54 Å². The van der Waals surface area contributed by atoms with Crippen molar-refractivity contribution in [1.29, 1.82) is 0 Å². The summed E-state index contributed by atoms with van der Waals surface area (Å²) in [5.74, 6) is 0.769. The van der Waals surface area contributed by atoms with Gasteiger partial charge in [0.15, 0.2) is 0 Å². The molecule has 6 nitrogen and oxygen atoms in total. The van der Waals surface area contributed by atoms with E-state index in [1.54, 1.807) is 0 Å². The van der Waals surface area contributed by atoms with Gasteiger partial charge in [-0.2, -0.15) is 0 Å². The molecule has 0 saturated heterocycles. The van der Waals surface area contributed by atoms with Crippen molar-refractivity contribution in [2.45, 2.75) is 19.9 Å². The van der Waals surface area contributed by atoms with Gasteiger partial charge in [-0.1, -0.05) is 13.0 Å². The standard InChI is InChI=1S/C13H16N4O2/c1-2-8-14-11-5-3-4-10(15-11)9-17-13(19)7-6-12(18)16-17/h3-7H,2,8-9H2,1H3,(H,14,15)(H,16,18). The highest BCUT2D eigenvalue weighted by Crippen LogP contribution is 2.05. The fourth-order valence-corrected chi connectivity index (χ4v) is 1.66. The lowest BCUT2D eigenvalue weighted by molar-refractivity contribution is 0.617. The minimum atomic E-state index is -0.306. The fourth-order valence-electron chi connectivity index (χ4n) is 1.66. The Balaban J connectivity index is 2.21. The van der Waals surface area contributed by atoms with Crippen LogP contribution in [0.5, 0.6) is 0 Å². The first-order chi connectivity index (χ1) is 9.19. The third-order valence-corrected chi connectivity index (χ3v) is 2.57. The van der Waals surface area contributed by atoms with E-state index >= 15 is 0 Å². The molecule has 0 aliphatic carbocycles. The van der Waals surface area contributed by atoms with Crippen molar-refractivity contribution in [3.63, 3.8) is 0 Å². The summed E-state index contributed by atoms with van der Waals surface area (Å²) in [7, 11) is 0. The Morgan fingerprint density at radius 3 is 2.89 bits per heavy atom. The molecule has 0 aliphatic heterocycles. The second-order valence-corrected chi connectivity index (χ2v) is 4.17. The predicted molar refractivity (Wildman–Crippen MR) is 73.4 cm³/mol. The number of aromatic nitrogens is 3. The first kappa shape index (κ1) is 13.1. The molecule has 0 atom stereocenters. The van der Waals surface area contributed by atoms with Crippen molar-refractivity contribution >= 4 is 5.82 Å². The van der Waals surface area contributed by atoms with E-state index in [0.29, 0.717) is 5.69 Å². The second kappa shape index (κ2) is 5.99. The molecular formula is C13H16N4O2. The Bertz CT molecular complexity index is 660. The molecule has 6 heteroatoms. The molecule has 2 aromatic rings. The monoisotopic (exact) mass is 260 g/mol.